The molecule has 2 fully saturated rings. The zero-order valence-corrected chi connectivity index (χ0v) is 11.2. The Balaban J connectivity index is 1.73. The van der Waals surface area contributed by atoms with Crippen LogP contribution in [0.25, 0.3) is 0 Å². The second-order valence-electron chi connectivity index (χ2n) is 5.16. The lowest BCUT2D eigenvalue weighted by Gasteiger charge is -2.43. The molecule has 0 atom stereocenters. The van der Waals surface area contributed by atoms with Gasteiger partial charge in [-0.1, -0.05) is 13.3 Å². The number of hydrogen-bond donors (Lipinski definition) is 1. The molecule has 2 rings (SSSR count). The van der Waals surface area contributed by atoms with Gasteiger partial charge in [0, 0.05) is 26.2 Å². The van der Waals surface area contributed by atoms with Crippen molar-refractivity contribution in [2.75, 3.05) is 39.4 Å². The number of nitrogens with zero attached hydrogens (tertiary/aromatic N) is 1. The maximum absolute atomic E-state index is 11.8. The Morgan fingerprint density at radius 2 is 2.22 bits per heavy atom. The Morgan fingerprint density at radius 3 is 2.83 bits per heavy atom. The standard InChI is InChI=1S/C13H24N2O3/c1-2-3-9-17-12(16)15-7-4-13(5-8-15)11-14-6-10-18-13/h14H,2-11H2,1H3. The van der Waals surface area contributed by atoms with E-state index in [0.717, 1.165) is 58.5 Å². The van der Waals surface area contributed by atoms with Gasteiger partial charge in [-0.3, -0.25) is 0 Å². The summed E-state index contributed by atoms with van der Waals surface area (Å²) in [6.45, 7) is 6.73. The Morgan fingerprint density at radius 1 is 1.44 bits per heavy atom. The number of carbonyl (C=O) groups is 1. The predicted octanol–water partition coefficient (Wildman–Crippen LogP) is 1.38. The molecule has 1 N–H and O–H groups in total. The Hall–Kier alpha value is -0.810. The van der Waals surface area contributed by atoms with Crippen LogP contribution < -0.4 is 5.32 Å². The summed E-state index contributed by atoms with van der Waals surface area (Å²) >= 11 is 0. The van der Waals surface area contributed by atoms with Gasteiger partial charge in [0.2, 0.25) is 0 Å². The average Bonchev–Trinajstić information content (AvgIpc) is 2.41. The molecule has 0 saturated carbocycles. The summed E-state index contributed by atoms with van der Waals surface area (Å²) in [4.78, 5) is 13.6. The first-order valence-electron chi connectivity index (χ1n) is 7.02. The van der Waals surface area contributed by atoms with Crippen molar-refractivity contribution in [1.82, 2.24) is 10.2 Å². The average molecular weight is 256 g/mol. The van der Waals surface area contributed by atoms with Gasteiger partial charge < -0.3 is 19.7 Å². The first kappa shape index (κ1) is 13.6. The van der Waals surface area contributed by atoms with Gasteiger partial charge in [0.15, 0.2) is 0 Å². The molecule has 0 aromatic carbocycles. The quantitative estimate of drug-likeness (QED) is 0.775. The summed E-state index contributed by atoms with van der Waals surface area (Å²) in [5.74, 6) is 0. The van der Waals surface area contributed by atoms with Crippen molar-refractivity contribution >= 4 is 6.09 Å². The van der Waals surface area contributed by atoms with E-state index in [1.54, 1.807) is 4.90 Å². The minimum absolute atomic E-state index is 0.0432. The number of rotatable bonds is 3. The van der Waals surface area contributed by atoms with Crippen LogP contribution in [0.15, 0.2) is 0 Å². The third kappa shape index (κ3) is 3.36. The molecular weight excluding hydrogens is 232 g/mol. The number of piperidine rings is 1. The van der Waals surface area contributed by atoms with Crippen LogP contribution in [0.3, 0.4) is 0 Å². The molecule has 0 unspecified atom stereocenters. The normalized spacial score (nSPS) is 23.1. The van der Waals surface area contributed by atoms with E-state index in [1.807, 2.05) is 0 Å². The summed E-state index contributed by atoms with van der Waals surface area (Å²) in [6, 6.07) is 0. The van der Waals surface area contributed by atoms with E-state index in [2.05, 4.69) is 12.2 Å². The van der Waals surface area contributed by atoms with Crippen molar-refractivity contribution in [3.05, 3.63) is 0 Å². The number of carbonyl (C=O) groups excluding carboxylic acids is 1. The van der Waals surface area contributed by atoms with Crippen LogP contribution in [-0.4, -0.2) is 56.0 Å². The fourth-order valence-electron chi connectivity index (χ4n) is 2.52. The first-order valence-corrected chi connectivity index (χ1v) is 7.02. The molecule has 2 aliphatic rings. The number of unbranched alkanes of at least 4 members (excludes halogenated alkanes) is 1. The molecular formula is C13H24N2O3. The fourth-order valence-corrected chi connectivity index (χ4v) is 2.52. The molecule has 0 aromatic rings. The SMILES string of the molecule is CCCCOC(=O)N1CCC2(CC1)CNCCO2. The molecule has 0 aromatic heterocycles. The molecule has 5 heteroatoms. The Kier molecular flexibility index (Phi) is 4.83. The zero-order chi connectivity index (χ0) is 12.8. The van der Waals surface area contributed by atoms with E-state index < -0.39 is 0 Å². The molecule has 5 nitrogen and oxygen atoms in total. The van der Waals surface area contributed by atoms with Crippen molar-refractivity contribution in [1.29, 1.82) is 0 Å². The third-order valence-electron chi connectivity index (χ3n) is 3.79. The van der Waals surface area contributed by atoms with Crippen molar-refractivity contribution in [3.8, 4) is 0 Å². The molecule has 18 heavy (non-hydrogen) atoms. The van der Waals surface area contributed by atoms with Crippen LogP contribution >= 0.6 is 0 Å². The molecule has 0 radical (unpaired) electrons. The lowest BCUT2D eigenvalue weighted by molar-refractivity contribution is -0.0971. The molecule has 1 amide bonds. The van der Waals surface area contributed by atoms with Crippen LogP contribution in [0.4, 0.5) is 4.79 Å². The van der Waals surface area contributed by atoms with Gasteiger partial charge in [0.1, 0.15) is 0 Å². The van der Waals surface area contributed by atoms with E-state index in [4.69, 9.17) is 9.47 Å². The number of likely N-dealkylation sites (tertiary alicyclic amines) is 1. The molecule has 0 aliphatic carbocycles. The Labute approximate surface area is 109 Å². The summed E-state index contributed by atoms with van der Waals surface area (Å²) < 4.78 is 11.1. The third-order valence-corrected chi connectivity index (χ3v) is 3.79. The van der Waals surface area contributed by atoms with Crippen molar-refractivity contribution in [2.24, 2.45) is 0 Å². The highest BCUT2D eigenvalue weighted by molar-refractivity contribution is 5.67. The second kappa shape index (κ2) is 6.38. The smallest absolute Gasteiger partial charge is 0.409 e. The summed E-state index contributed by atoms with van der Waals surface area (Å²) in [5.41, 5.74) is -0.0432. The van der Waals surface area contributed by atoms with Crippen LogP contribution in [-0.2, 0) is 9.47 Å². The molecule has 2 saturated heterocycles. The van der Waals surface area contributed by atoms with Crippen LogP contribution in [0.1, 0.15) is 32.6 Å². The number of amides is 1. The van der Waals surface area contributed by atoms with Crippen molar-refractivity contribution in [3.63, 3.8) is 0 Å². The van der Waals surface area contributed by atoms with E-state index in [0.29, 0.717) is 6.61 Å². The van der Waals surface area contributed by atoms with Gasteiger partial charge in [0.25, 0.3) is 0 Å². The van der Waals surface area contributed by atoms with Crippen LogP contribution in [0.2, 0.25) is 0 Å². The lowest BCUT2D eigenvalue weighted by atomic mass is 9.90. The van der Waals surface area contributed by atoms with Gasteiger partial charge in [-0.25, -0.2) is 4.79 Å². The molecule has 104 valence electrons. The van der Waals surface area contributed by atoms with E-state index in [-0.39, 0.29) is 11.7 Å². The second-order valence-corrected chi connectivity index (χ2v) is 5.16. The lowest BCUT2D eigenvalue weighted by Crippen LogP contribution is -2.56. The molecule has 0 bridgehead atoms. The van der Waals surface area contributed by atoms with Crippen LogP contribution in [0, 0.1) is 0 Å². The first-order chi connectivity index (χ1) is 8.76. The monoisotopic (exact) mass is 256 g/mol. The highest BCUT2D eigenvalue weighted by Crippen LogP contribution is 2.27. The summed E-state index contributed by atoms with van der Waals surface area (Å²) in [5, 5.41) is 3.37. The van der Waals surface area contributed by atoms with E-state index in [9.17, 15) is 4.79 Å². The van der Waals surface area contributed by atoms with Crippen LogP contribution in [0.5, 0.6) is 0 Å². The predicted molar refractivity (Wildman–Crippen MR) is 68.6 cm³/mol. The number of nitrogens with one attached hydrogen (secondary N) is 1. The van der Waals surface area contributed by atoms with E-state index >= 15 is 0 Å². The summed E-state index contributed by atoms with van der Waals surface area (Å²) in [7, 11) is 0. The number of hydrogen-bond acceptors (Lipinski definition) is 4. The minimum atomic E-state index is -0.165. The number of morpholine rings is 1. The largest absolute Gasteiger partial charge is 0.449 e. The van der Waals surface area contributed by atoms with Gasteiger partial charge in [0.05, 0.1) is 18.8 Å². The van der Waals surface area contributed by atoms with Crippen molar-refractivity contribution < 1.29 is 14.3 Å². The maximum atomic E-state index is 11.8. The van der Waals surface area contributed by atoms with Crippen molar-refractivity contribution in [2.45, 2.75) is 38.2 Å². The number of ether oxygens (including phenoxy) is 2. The van der Waals surface area contributed by atoms with E-state index in [1.165, 1.54) is 0 Å². The maximum Gasteiger partial charge on any atom is 0.409 e. The van der Waals surface area contributed by atoms with Gasteiger partial charge >= 0.3 is 6.09 Å². The topological polar surface area (TPSA) is 50.8 Å². The minimum Gasteiger partial charge on any atom is -0.449 e. The molecule has 2 aliphatic heterocycles. The van der Waals surface area contributed by atoms with Gasteiger partial charge in [-0.05, 0) is 19.3 Å². The fraction of sp³-hybridized carbons (Fsp3) is 0.923. The molecule has 1 spiro atoms. The highest BCUT2D eigenvalue weighted by Gasteiger charge is 2.38. The summed E-state index contributed by atoms with van der Waals surface area (Å²) in [6.07, 6.45) is 3.64. The Bertz CT molecular complexity index is 267. The van der Waals surface area contributed by atoms with Gasteiger partial charge in [-0.2, -0.15) is 0 Å². The molecule has 2 heterocycles. The zero-order valence-electron chi connectivity index (χ0n) is 11.2. The highest BCUT2D eigenvalue weighted by atomic mass is 16.6. The van der Waals surface area contributed by atoms with Gasteiger partial charge in [-0.15, -0.1) is 0 Å².